The molecule has 4 heteroatoms. The number of hydrogen-bond acceptors (Lipinski definition) is 2. The molecule has 2 amide bonds. The summed E-state index contributed by atoms with van der Waals surface area (Å²) in [5.41, 5.74) is 9.97. The lowest BCUT2D eigenvalue weighted by molar-refractivity contribution is 0.103. The third kappa shape index (κ3) is 4.49. The number of ketones is 1. The van der Waals surface area contributed by atoms with Gasteiger partial charge in [0.2, 0.25) is 0 Å². The molecule has 0 spiro atoms. The summed E-state index contributed by atoms with van der Waals surface area (Å²) in [5, 5.41) is 0. The second kappa shape index (κ2) is 6.85. The molecule has 0 aliphatic carbocycles. The molecule has 0 radical (unpaired) electrons. The van der Waals surface area contributed by atoms with Gasteiger partial charge in [-0.3, -0.25) is 4.79 Å². The highest BCUT2D eigenvalue weighted by Gasteiger charge is 2.06. The van der Waals surface area contributed by atoms with Crippen molar-refractivity contribution < 1.29 is 9.59 Å². The van der Waals surface area contributed by atoms with Gasteiger partial charge in [0.1, 0.15) is 0 Å². The zero-order valence-electron chi connectivity index (χ0n) is 9.74. The van der Waals surface area contributed by atoms with E-state index in [1.165, 1.54) is 0 Å². The molecule has 2 rings (SSSR count). The van der Waals surface area contributed by atoms with Gasteiger partial charge in [-0.1, -0.05) is 60.7 Å². The zero-order valence-corrected chi connectivity index (χ0v) is 9.74. The van der Waals surface area contributed by atoms with E-state index in [-0.39, 0.29) is 5.78 Å². The van der Waals surface area contributed by atoms with Crippen LogP contribution in [0.4, 0.5) is 4.79 Å². The van der Waals surface area contributed by atoms with Crippen molar-refractivity contribution in [2.24, 2.45) is 11.5 Å². The molecule has 2 aromatic carbocycles. The number of rotatable bonds is 2. The first-order chi connectivity index (χ1) is 8.61. The average molecular weight is 242 g/mol. The maximum absolute atomic E-state index is 11.8. The first-order valence-corrected chi connectivity index (χ1v) is 5.31. The number of urea groups is 1. The predicted octanol–water partition coefficient (Wildman–Crippen LogP) is 1.94. The highest BCUT2D eigenvalue weighted by Crippen LogP contribution is 2.08. The molecule has 0 unspecified atom stereocenters. The summed E-state index contributed by atoms with van der Waals surface area (Å²) in [4.78, 5) is 20.8. The van der Waals surface area contributed by atoms with Gasteiger partial charge in [-0.25, -0.2) is 4.79 Å². The van der Waals surface area contributed by atoms with Crippen LogP contribution in [0.1, 0.15) is 15.9 Å². The van der Waals surface area contributed by atoms with Gasteiger partial charge in [0.25, 0.3) is 0 Å². The van der Waals surface area contributed by atoms with Crippen molar-refractivity contribution in [3.05, 3.63) is 71.8 Å². The van der Waals surface area contributed by atoms with Gasteiger partial charge >= 0.3 is 6.03 Å². The number of primary amides is 2. The fourth-order valence-electron chi connectivity index (χ4n) is 1.35. The Bertz CT molecular complexity index is 464. The monoisotopic (exact) mass is 242 g/mol. The molecular weight excluding hydrogens is 228 g/mol. The summed E-state index contributed by atoms with van der Waals surface area (Å²) < 4.78 is 0. The molecule has 92 valence electrons. The Morgan fingerprint density at radius 3 is 1.22 bits per heavy atom. The summed E-state index contributed by atoms with van der Waals surface area (Å²) in [6.07, 6.45) is 0. The summed E-state index contributed by atoms with van der Waals surface area (Å²) >= 11 is 0. The van der Waals surface area contributed by atoms with Crippen LogP contribution < -0.4 is 11.5 Å². The highest BCUT2D eigenvalue weighted by atomic mass is 16.2. The van der Waals surface area contributed by atoms with Crippen molar-refractivity contribution >= 4 is 11.8 Å². The Kier molecular flexibility index (Phi) is 5.12. The van der Waals surface area contributed by atoms with Crippen molar-refractivity contribution in [1.82, 2.24) is 0 Å². The van der Waals surface area contributed by atoms with Crippen LogP contribution in [-0.4, -0.2) is 11.8 Å². The maximum Gasteiger partial charge on any atom is 0.309 e. The van der Waals surface area contributed by atoms with Crippen LogP contribution in [0.15, 0.2) is 60.7 Å². The number of carbonyl (C=O) groups is 2. The van der Waals surface area contributed by atoms with E-state index in [4.69, 9.17) is 4.79 Å². The van der Waals surface area contributed by atoms with Crippen molar-refractivity contribution in [2.45, 2.75) is 0 Å². The normalized spacial score (nSPS) is 8.89. The van der Waals surface area contributed by atoms with Gasteiger partial charge in [0.05, 0.1) is 0 Å². The highest BCUT2D eigenvalue weighted by molar-refractivity contribution is 6.08. The minimum absolute atomic E-state index is 0.0752. The van der Waals surface area contributed by atoms with Gasteiger partial charge in [-0.05, 0) is 0 Å². The third-order valence-electron chi connectivity index (χ3n) is 2.07. The van der Waals surface area contributed by atoms with Gasteiger partial charge in [0, 0.05) is 11.1 Å². The molecule has 2 aromatic rings. The second-order valence-electron chi connectivity index (χ2n) is 3.46. The Morgan fingerprint density at radius 2 is 0.944 bits per heavy atom. The van der Waals surface area contributed by atoms with Crippen LogP contribution in [0.25, 0.3) is 0 Å². The molecular formula is C14H14N2O2. The van der Waals surface area contributed by atoms with Crippen molar-refractivity contribution in [3.63, 3.8) is 0 Å². The number of nitrogens with two attached hydrogens (primary N) is 2. The largest absolute Gasteiger partial charge is 0.352 e. The molecule has 0 heterocycles. The van der Waals surface area contributed by atoms with E-state index in [0.717, 1.165) is 11.1 Å². The molecule has 4 nitrogen and oxygen atoms in total. The van der Waals surface area contributed by atoms with Crippen molar-refractivity contribution in [2.75, 3.05) is 0 Å². The van der Waals surface area contributed by atoms with Crippen LogP contribution in [0.2, 0.25) is 0 Å². The Morgan fingerprint density at radius 1 is 0.667 bits per heavy atom. The topological polar surface area (TPSA) is 86.2 Å². The van der Waals surface area contributed by atoms with E-state index in [1.807, 2.05) is 60.7 Å². The van der Waals surface area contributed by atoms with Crippen LogP contribution in [0.5, 0.6) is 0 Å². The van der Waals surface area contributed by atoms with E-state index >= 15 is 0 Å². The number of benzene rings is 2. The van der Waals surface area contributed by atoms with Gasteiger partial charge < -0.3 is 11.5 Å². The minimum atomic E-state index is -0.833. The van der Waals surface area contributed by atoms with Gasteiger partial charge in [-0.2, -0.15) is 0 Å². The van der Waals surface area contributed by atoms with Crippen molar-refractivity contribution in [3.8, 4) is 0 Å². The Labute approximate surface area is 105 Å². The minimum Gasteiger partial charge on any atom is -0.352 e. The fourth-order valence-corrected chi connectivity index (χ4v) is 1.35. The van der Waals surface area contributed by atoms with Crippen LogP contribution in [0.3, 0.4) is 0 Å². The molecule has 0 atom stereocenters. The molecule has 0 saturated carbocycles. The molecule has 0 saturated heterocycles. The van der Waals surface area contributed by atoms with Crippen LogP contribution in [0, 0.1) is 0 Å². The lowest BCUT2D eigenvalue weighted by Crippen LogP contribution is -2.18. The smallest absolute Gasteiger partial charge is 0.309 e. The summed E-state index contributed by atoms with van der Waals surface area (Å²) in [6.45, 7) is 0. The SMILES string of the molecule is NC(N)=O.O=C(c1ccccc1)c1ccccc1. The number of hydrogen-bond donors (Lipinski definition) is 2. The quantitative estimate of drug-likeness (QED) is 0.788. The molecule has 0 aliphatic rings. The summed E-state index contributed by atoms with van der Waals surface area (Å²) in [6, 6.07) is 17.8. The standard InChI is InChI=1S/C13H10O.CH4N2O/c14-13(11-7-3-1-4-8-11)12-9-5-2-6-10-12;2-1(3)4/h1-10H;(H4,2,3,4). The summed E-state index contributed by atoms with van der Waals surface area (Å²) in [7, 11) is 0. The first kappa shape index (κ1) is 13.4. The van der Waals surface area contributed by atoms with Crippen LogP contribution >= 0.6 is 0 Å². The van der Waals surface area contributed by atoms with Gasteiger partial charge in [0.15, 0.2) is 5.78 Å². The van der Waals surface area contributed by atoms with Crippen molar-refractivity contribution in [1.29, 1.82) is 0 Å². The van der Waals surface area contributed by atoms with Gasteiger partial charge in [-0.15, -0.1) is 0 Å². The Hall–Kier alpha value is -2.62. The summed E-state index contributed by atoms with van der Waals surface area (Å²) in [5.74, 6) is 0.0752. The van der Waals surface area contributed by atoms with Crippen LogP contribution in [-0.2, 0) is 0 Å². The maximum atomic E-state index is 11.8. The average Bonchev–Trinajstić information content (AvgIpc) is 2.39. The number of carbonyl (C=O) groups excluding carboxylic acids is 2. The van der Waals surface area contributed by atoms with E-state index in [9.17, 15) is 4.79 Å². The fraction of sp³-hybridized carbons (Fsp3) is 0. The molecule has 0 bridgehead atoms. The predicted molar refractivity (Wildman–Crippen MR) is 70.1 cm³/mol. The zero-order chi connectivity index (χ0) is 13.4. The number of amides is 2. The lowest BCUT2D eigenvalue weighted by Gasteiger charge is -1.99. The van der Waals surface area contributed by atoms with E-state index < -0.39 is 6.03 Å². The molecule has 0 fully saturated rings. The lowest BCUT2D eigenvalue weighted by atomic mass is 10.0. The second-order valence-corrected chi connectivity index (χ2v) is 3.46. The van der Waals surface area contributed by atoms with E-state index in [1.54, 1.807) is 0 Å². The van der Waals surface area contributed by atoms with E-state index in [2.05, 4.69) is 11.5 Å². The molecule has 0 aromatic heterocycles. The molecule has 18 heavy (non-hydrogen) atoms. The molecule has 0 aliphatic heterocycles. The molecule has 4 N–H and O–H groups in total. The third-order valence-corrected chi connectivity index (χ3v) is 2.07. The Balaban J connectivity index is 0.000000357. The van der Waals surface area contributed by atoms with E-state index in [0.29, 0.717) is 0 Å². The first-order valence-electron chi connectivity index (χ1n) is 5.31.